The van der Waals surface area contributed by atoms with Gasteiger partial charge in [-0.25, -0.2) is 0 Å². The van der Waals surface area contributed by atoms with Crippen molar-refractivity contribution in [3.8, 4) is 5.75 Å². The molecule has 5 nitrogen and oxygen atoms in total. The largest absolute Gasteiger partial charge is 0.494 e. The van der Waals surface area contributed by atoms with Crippen LogP contribution in [0.25, 0.3) is 0 Å². The summed E-state index contributed by atoms with van der Waals surface area (Å²) >= 11 is 0. The Bertz CT molecular complexity index is 929. The molecule has 1 saturated heterocycles. The summed E-state index contributed by atoms with van der Waals surface area (Å²) in [5, 5.41) is 1.82. The van der Waals surface area contributed by atoms with E-state index in [2.05, 4.69) is 29.2 Å². The minimum Gasteiger partial charge on any atom is -0.494 e. The summed E-state index contributed by atoms with van der Waals surface area (Å²) in [5.74, 6) is 0.701. The van der Waals surface area contributed by atoms with Gasteiger partial charge in [0.05, 0.1) is 7.11 Å². The molecule has 27 heavy (non-hydrogen) atoms. The van der Waals surface area contributed by atoms with Crippen molar-refractivity contribution in [1.29, 1.82) is 0 Å². The van der Waals surface area contributed by atoms with E-state index in [9.17, 15) is 0 Å². The van der Waals surface area contributed by atoms with Gasteiger partial charge in [0.15, 0.2) is 6.17 Å². The average molecular weight is 359 g/mol. The molecule has 0 aromatic heterocycles. The first kappa shape index (κ1) is 17.1. The molecule has 0 bridgehead atoms. The Labute approximate surface area is 159 Å². The number of ether oxygens (including phenoxy) is 1. The summed E-state index contributed by atoms with van der Waals surface area (Å²) < 4.78 is 5.44. The predicted molar refractivity (Wildman–Crippen MR) is 107 cm³/mol. The fourth-order valence-electron chi connectivity index (χ4n) is 3.21. The topological polar surface area (TPSA) is 37.3 Å². The van der Waals surface area contributed by atoms with Gasteiger partial charge in [-0.1, -0.05) is 60.7 Å². The van der Waals surface area contributed by atoms with Crippen molar-refractivity contribution in [3.63, 3.8) is 0 Å². The maximum atomic E-state index is 6.05. The summed E-state index contributed by atoms with van der Waals surface area (Å²) in [6.45, 7) is 0. The van der Waals surface area contributed by atoms with Crippen LogP contribution in [-0.2, 0) is 4.84 Å². The quantitative estimate of drug-likeness (QED) is 0.673. The van der Waals surface area contributed by atoms with Gasteiger partial charge < -0.3 is 9.57 Å². The molecule has 3 aromatic rings. The number of anilines is 1. The SMILES string of the molecule is COc1ccccc1N=C1ON(C)C(c2ccccc2)N1c1ccccc1. The molecule has 0 aliphatic carbocycles. The zero-order chi connectivity index (χ0) is 18.6. The van der Waals surface area contributed by atoms with Crippen LogP contribution in [0.1, 0.15) is 11.7 Å². The van der Waals surface area contributed by atoms with E-state index in [-0.39, 0.29) is 6.17 Å². The zero-order valence-corrected chi connectivity index (χ0v) is 15.3. The first-order valence-electron chi connectivity index (χ1n) is 8.79. The molecule has 1 unspecified atom stereocenters. The molecule has 0 spiro atoms. The molecule has 0 radical (unpaired) electrons. The summed E-state index contributed by atoms with van der Waals surface area (Å²) in [5.41, 5.74) is 2.84. The van der Waals surface area contributed by atoms with E-state index in [0.29, 0.717) is 11.8 Å². The lowest BCUT2D eigenvalue weighted by Gasteiger charge is -2.25. The number of benzene rings is 3. The number of hydroxylamine groups is 2. The van der Waals surface area contributed by atoms with Gasteiger partial charge in [-0.3, -0.25) is 4.90 Å². The van der Waals surface area contributed by atoms with Crippen LogP contribution in [-0.4, -0.2) is 25.2 Å². The van der Waals surface area contributed by atoms with Crippen molar-refractivity contribution in [2.24, 2.45) is 4.99 Å². The molecule has 1 aliphatic rings. The second-order valence-electron chi connectivity index (χ2n) is 6.19. The Kier molecular flexibility index (Phi) is 4.77. The molecule has 0 saturated carbocycles. The van der Waals surface area contributed by atoms with Crippen LogP contribution in [0.3, 0.4) is 0 Å². The number of amidine groups is 1. The standard InChI is InChI=1S/C22H21N3O2/c1-24-21(17-11-5-3-6-12-17)25(18-13-7-4-8-14-18)22(27-24)23-19-15-9-10-16-20(19)26-2/h3-16,21H,1-2H3. The second kappa shape index (κ2) is 7.51. The fourth-order valence-corrected chi connectivity index (χ4v) is 3.21. The number of methoxy groups -OCH3 is 1. The lowest BCUT2D eigenvalue weighted by molar-refractivity contribution is -0.0493. The van der Waals surface area contributed by atoms with E-state index < -0.39 is 0 Å². The molecule has 1 fully saturated rings. The lowest BCUT2D eigenvalue weighted by Crippen LogP contribution is -2.30. The van der Waals surface area contributed by atoms with Gasteiger partial charge in [0.2, 0.25) is 0 Å². The van der Waals surface area contributed by atoms with Crippen molar-refractivity contribution in [2.75, 3.05) is 19.1 Å². The Balaban J connectivity index is 1.82. The molecule has 0 amide bonds. The molecular weight excluding hydrogens is 338 g/mol. The van der Waals surface area contributed by atoms with Gasteiger partial charge in [0, 0.05) is 12.7 Å². The monoisotopic (exact) mass is 359 g/mol. The van der Waals surface area contributed by atoms with Crippen LogP contribution >= 0.6 is 0 Å². The predicted octanol–water partition coefficient (Wildman–Crippen LogP) is 4.77. The van der Waals surface area contributed by atoms with Crippen molar-refractivity contribution in [3.05, 3.63) is 90.5 Å². The maximum Gasteiger partial charge on any atom is 0.319 e. The number of hydrogen-bond donors (Lipinski definition) is 0. The number of hydrogen-bond acceptors (Lipinski definition) is 4. The minimum atomic E-state index is -0.123. The molecule has 0 N–H and O–H groups in total. The van der Waals surface area contributed by atoms with Crippen molar-refractivity contribution in [1.82, 2.24) is 5.06 Å². The van der Waals surface area contributed by atoms with Gasteiger partial charge in [-0.15, -0.1) is 5.06 Å². The molecule has 1 atom stereocenters. The third kappa shape index (κ3) is 3.37. The summed E-state index contributed by atoms with van der Waals surface area (Å²) in [6, 6.07) is 28.5. The molecule has 3 aromatic carbocycles. The highest BCUT2D eigenvalue weighted by Crippen LogP contribution is 2.37. The Morgan fingerprint density at radius 3 is 2.19 bits per heavy atom. The van der Waals surface area contributed by atoms with Crippen LogP contribution in [0.4, 0.5) is 11.4 Å². The van der Waals surface area contributed by atoms with E-state index in [1.807, 2.05) is 72.8 Å². The molecule has 136 valence electrons. The molecule has 5 heteroatoms. The third-order valence-corrected chi connectivity index (χ3v) is 4.45. The van der Waals surface area contributed by atoms with Gasteiger partial charge in [0.1, 0.15) is 11.4 Å². The van der Waals surface area contributed by atoms with Gasteiger partial charge >= 0.3 is 6.02 Å². The normalized spacial score (nSPS) is 18.5. The van der Waals surface area contributed by atoms with Crippen LogP contribution in [0.15, 0.2) is 89.9 Å². The molecule has 1 heterocycles. The number of rotatable bonds is 4. The number of aliphatic imine (C=N–C) groups is 1. The van der Waals surface area contributed by atoms with E-state index in [1.165, 1.54) is 0 Å². The third-order valence-electron chi connectivity index (χ3n) is 4.45. The molecule has 4 rings (SSSR count). The van der Waals surface area contributed by atoms with Crippen LogP contribution in [0.2, 0.25) is 0 Å². The van der Waals surface area contributed by atoms with Crippen LogP contribution < -0.4 is 9.64 Å². The van der Waals surface area contributed by atoms with Gasteiger partial charge in [-0.2, -0.15) is 4.99 Å². The smallest absolute Gasteiger partial charge is 0.319 e. The van der Waals surface area contributed by atoms with E-state index in [1.54, 1.807) is 7.11 Å². The summed E-state index contributed by atoms with van der Waals surface area (Å²) in [4.78, 5) is 12.9. The highest BCUT2D eigenvalue weighted by atomic mass is 16.7. The van der Waals surface area contributed by atoms with Gasteiger partial charge in [-0.05, 0) is 29.8 Å². The average Bonchev–Trinajstić information content (AvgIpc) is 3.05. The minimum absolute atomic E-state index is 0.123. The van der Waals surface area contributed by atoms with E-state index in [4.69, 9.17) is 14.6 Å². The lowest BCUT2D eigenvalue weighted by atomic mass is 10.1. The van der Waals surface area contributed by atoms with Crippen LogP contribution in [0.5, 0.6) is 5.75 Å². The Morgan fingerprint density at radius 2 is 1.48 bits per heavy atom. The maximum absolute atomic E-state index is 6.05. The van der Waals surface area contributed by atoms with Crippen molar-refractivity contribution >= 4 is 17.4 Å². The van der Waals surface area contributed by atoms with Crippen molar-refractivity contribution in [2.45, 2.75) is 6.17 Å². The summed E-state index contributed by atoms with van der Waals surface area (Å²) in [6.07, 6.45) is -0.123. The highest BCUT2D eigenvalue weighted by Gasteiger charge is 2.38. The number of nitrogens with zero attached hydrogens (tertiary/aromatic N) is 3. The Hall–Kier alpha value is -3.31. The fraction of sp³-hybridized carbons (Fsp3) is 0.136. The zero-order valence-electron chi connectivity index (χ0n) is 15.3. The van der Waals surface area contributed by atoms with E-state index >= 15 is 0 Å². The summed E-state index contributed by atoms with van der Waals surface area (Å²) in [7, 11) is 3.56. The number of para-hydroxylation sites is 3. The second-order valence-corrected chi connectivity index (χ2v) is 6.19. The van der Waals surface area contributed by atoms with Gasteiger partial charge in [0.25, 0.3) is 0 Å². The van der Waals surface area contributed by atoms with E-state index in [0.717, 1.165) is 16.9 Å². The van der Waals surface area contributed by atoms with Crippen molar-refractivity contribution < 1.29 is 9.57 Å². The highest BCUT2D eigenvalue weighted by molar-refractivity contribution is 5.95. The van der Waals surface area contributed by atoms with Crippen LogP contribution in [0, 0.1) is 0 Å². The molecule has 1 aliphatic heterocycles. The Morgan fingerprint density at radius 1 is 0.852 bits per heavy atom. The first-order valence-corrected chi connectivity index (χ1v) is 8.79. The first-order chi connectivity index (χ1) is 13.3. The molecular formula is C22H21N3O2.